The second kappa shape index (κ2) is 11.4. The largest absolute Gasteiger partial charge is 0.463 e. The fourth-order valence-corrected chi connectivity index (χ4v) is 3.34. The summed E-state index contributed by atoms with van der Waals surface area (Å²) in [5, 5.41) is 0. The third-order valence-corrected chi connectivity index (χ3v) is 4.80. The van der Waals surface area contributed by atoms with Crippen LogP contribution in [0.5, 0.6) is 0 Å². The standard InChI is InChI=1S/C23H27NO6/c1-2-22(25)24-30-14-13-27-11-12-28-16-23(26)29-15-21-19-9-5-3-7-17(19)18-8-4-6-10-20(18)21/h3-10,21H,2,11-16H2,1H3,(H,24,25). The topological polar surface area (TPSA) is 83.1 Å². The lowest BCUT2D eigenvalue weighted by Crippen LogP contribution is -2.24. The van der Waals surface area contributed by atoms with E-state index in [0.717, 1.165) is 0 Å². The Kier molecular flexibility index (Phi) is 8.38. The van der Waals surface area contributed by atoms with E-state index in [1.165, 1.54) is 22.3 Å². The summed E-state index contributed by atoms with van der Waals surface area (Å²) in [5.74, 6) is -0.540. The number of esters is 1. The molecule has 30 heavy (non-hydrogen) atoms. The summed E-state index contributed by atoms with van der Waals surface area (Å²) in [6.07, 6.45) is 0.366. The number of rotatable bonds is 12. The Balaban J connectivity index is 1.32. The van der Waals surface area contributed by atoms with Gasteiger partial charge in [0.1, 0.15) is 13.2 Å². The van der Waals surface area contributed by atoms with Gasteiger partial charge in [0.15, 0.2) is 0 Å². The van der Waals surface area contributed by atoms with E-state index in [-0.39, 0.29) is 38.3 Å². The first-order chi connectivity index (χ1) is 14.7. The van der Waals surface area contributed by atoms with E-state index < -0.39 is 5.97 Å². The monoisotopic (exact) mass is 413 g/mol. The highest BCUT2D eigenvalue weighted by molar-refractivity contribution is 5.79. The van der Waals surface area contributed by atoms with Crippen LogP contribution < -0.4 is 5.48 Å². The lowest BCUT2D eigenvalue weighted by molar-refractivity contribution is -0.149. The number of ether oxygens (including phenoxy) is 3. The third kappa shape index (κ3) is 5.89. The normalized spacial score (nSPS) is 12.3. The second-order valence-corrected chi connectivity index (χ2v) is 6.80. The van der Waals surface area contributed by atoms with Crippen molar-refractivity contribution in [3.05, 3.63) is 59.7 Å². The minimum atomic E-state index is -0.400. The lowest BCUT2D eigenvalue weighted by atomic mass is 9.98. The number of hydroxylamine groups is 1. The van der Waals surface area contributed by atoms with E-state index in [1.54, 1.807) is 6.92 Å². The molecule has 0 radical (unpaired) electrons. The third-order valence-electron chi connectivity index (χ3n) is 4.80. The van der Waals surface area contributed by atoms with Crippen molar-refractivity contribution in [3.63, 3.8) is 0 Å². The van der Waals surface area contributed by atoms with Crippen LogP contribution in [0.25, 0.3) is 11.1 Å². The average molecular weight is 413 g/mol. The van der Waals surface area contributed by atoms with Crippen LogP contribution in [-0.4, -0.2) is 51.5 Å². The molecule has 1 amide bonds. The van der Waals surface area contributed by atoms with E-state index in [1.807, 2.05) is 24.3 Å². The predicted molar refractivity (Wildman–Crippen MR) is 111 cm³/mol. The molecule has 0 aromatic heterocycles. The van der Waals surface area contributed by atoms with Crippen LogP contribution in [-0.2, 0) is 28.6 Å². The van der Waals surface area contributed by atoms with Crippen LogP contribution >= 0.6 is 0 Å². The Labute approximate surface area is 176 Å². The maximum atomic E-state index is 12.0. The molecule has 0 bridgehead atoms. The molecule has 0 saturated heterocycles. The van der Waals surface area contributed by atoms with Crippen LogP contribution in [0.1, 0.15) is 30.4 Å². The number of hydrogen-bond acceptors (Lipinski definition) is 6. The minimum absolute atomic E-state index is 0.0397. The molecule has 0 heterocycles. The summed E-state index contributed by atoms with van der Waals surface area (Å²) < 4.78 is 16.1. The van der Waals surface area contributed by atoms with E-state index in [2.05, 4.69) is 29.7 Å². The fourth-order valence-electron chi connectivity index (χ4n) is 3.34. The van der Waals surface area contributed by atoms with Gasteiger partial charge in [-0.3, -0.25) is 9.63 Å². The van der Waals surface area contributed by atoms with E-state index in [0.29, 0.717) is 19.6 Å². The summed E-state index contributed by atoms with van der Waals surface area (Å²) in [6.45, 7) is 3.06. The summed E-state index contributed by atoms with van der Waals surface area (Å²) in [6, 6.07) is 16.4. The zero-order valence-electron chi connectivity index (χ0n) is 17.1. The maximum absolute atomic E-state index is 12.0. The molecule has 0 unspecified atom stereocenters. The van der Waals surface area contributed by atoms with E-state index in [9.17, 15) is 9.59 Å². The number of nitrogens with one attached hydrogen (secondary N) is 1. The number of hydrogen-bond donors (Lipinski definition) is 1. The quantitative estimate of drug-likeness (QED) is 0.327. The van der Waals surface area contributed by atoms with Gasteiger partial charge >= 0.3 is 5.97 Å². The van der Waals surface area contributed by atoms with Crippen molar-refractivity contribution in [2.75, 3.05) is 39.6 Å². The Morgan fingerprint density at radius 1 is 0.867 bits per heavy atom. The molecule has 0 fully saturated rings. The van der Waals surface area contributed by atoms with Gasteiger partial charge in [0.05, 0.1) is 26.4 Å². The molecule has 1 N–H and O–H groups in total. The molecule has 3 rings (SSSR count). The Morgan fingerprint density at radius 2 is 1.47 bits per heavy atom. The van der Waals surface area contributed by atoms with Gasteiger partial charge in [-0.05, 0) is 22.3 Å². The zero-order valence-corrected chi connectivity index (χ0v) is 17.1. The molecule has 1 aliphatic carbocycles. The van der Waals surface area contributed by atoms with E-state index in [4.69, 9.17) is 19.0 Å². The van der Waals surface area contributed by atoms with Gasteiger partial charge in [-0.1, -0.05) is 55.5 Å². The Bertz CT molecular complexity index is 808. The average Bonchev–Trinajstić information content (AvgIpc) is 3.10. The van der Waals surface area contributed by atoms with Crippen molar-refractivity contribution in [2.45, 2.75) is 19.3 Å². The molecule has 2 aromatic carbocycles. The highest BCUT2D eigenvalue weighted by Crippen LogP contribution is 2.44. The highest BCUT2D eigenvalue weighted by atomic mass is 16.7. The van der Waals surface area contributed by atoms with Crippen molar-refractivity contribution >= 4 is 11.9 Å². The second-order valence-electron chi connectivity index (χ2n) is 6.80. The van der Waals surface area contributed by atoms with Crippen molar-refractivity contribution in [1.82, 2.24) is 5.48 Å². The molecule has 0 saturated carbocycles. The van der Waals surface area contributed by atoms with Gasteiger partial charge in [-0.2, -0.15) is 0 Å². The molecule has 7 nitrogen and oxygen atoms in total. The number of amides is 1. The molecule has 7 heteroatoms. The predicted octanol–water partition coefficient (Wildman–Crippen LogP) is 2.83. The van der Waals surface area contributed by atoms with Crippen molar-refractivity contribution < 1.29 is 28.6 Å². The van der Waals surface area contributed by atoms with Crippen LogP contribution in [0.15, 0.2) is 48.5 Å². The van der Waals surface area contributed by atoms with Crippen molar-refractivity contribution in [1.29, 1.82) is 0 Å². The van der Waals surface area contributed by atoms with Gasteiger partial charge in [0.25, 0.3) is 0 Å². The lowest BCUT2D eigenvalue weighted by Gasteiger charge is -2.14. The first kappa shape index (κ1) is 22.0. The minimum Gasteiger partial charge on any atom is -0.463 e. The van der Waals surface area contributed by atoms with Gasteiger partial charge in [-0.25, -0.2) is 10.3 Å². The Morgan fingerprint density at radius 3 is 2.13 bits per heavy atom. The first-order valence-electron chi connectivity index (χ1n) is 10.1. The molecular weight excluding hydrogens is 386 g/mol. The highest BCUT2D eigenvalue weighted by Gasteiger charge is 2.28. The number of carbonyl (C=O) groups is 2. The number of benzene rings is 2. The Hall–Kier alpha value is -2.74. The molecule has 0 atom stereocenters. The molecule has 160 valence electrons. The van der Waals surface area contributed by atoms with Gasteiger partial charge in [0.2, 0.25) is 5.91 Å². The molecule has 0 spiro atoms. The summed E-state index contributed by atoms with van der Waals surface area (Å²) >= 11 is 0. The summed E-state index contributed by atoms with van der Waals surface area (Å²) in [7, 11) is 0. The SMILES string of the molecule is CCC(=O)NOCCOCCOCC(=O)OCC1c2ccccc2-c2ccccc21. The van der Waals surface area contributed by atoms with E-state index >= 15 is 0 Å². The molecule has 0 aliphatic heterocycles. The van der Waals surface area contributed by atoms with Crippen LogP contribution in [0.3, 0.4) is 0 Å². The fraction of sp³-hybridized carbons (Fsp3) is 0.391. The van der Waals surface area contributed by atoms with Crippen LogP contribution in [0, 0.1) is 0 Å². The molecule has 1 aliphatic rings. The van der Waals surface area contributed by atoms with Gasteiger partial charge in [-0.15, -0.1) is 0 Å². The zero-order chi connectivity index (χ0) is 21.2. The maximum Gasteiger partial charge on any atom is 0.332 e. The number of carbonyl (C=O) groups excluding carboxylic acids is 2. The van der Waals surface area contributed by atoms with Gasteiger partial charge in [0, 0.05) is 12.3 Å². The summed E-state index contributed by atoms with van der Waals surface area (Å²) in [4.78, 5) is 27.9. The molecular formula is C23H27NO6. The van der Waals surface area contributed by atoms with Crippen LogP contribution in [0.2, 0.25) is 0 Å². The summed E-state index contributed by atoms with van der Waals surface area (Å²) in [5.41, 5.74) is 7.04. The first-order valence-corrected chi connectivity index (χ1v) is 10.1. The smallest absolute Gasteiger partial charge is 0.332 e. The van der Waals surface area contributed by atoms with Gasteiger partial charge < -0.3 is 14.2 Å². The van der Waals surface area contributed by atoms with Crippen molar-refractivity contribution in [2.24, 2.45) is 0 Å². The number of fused-ring (bicyclic) bond motifs is 3. The van der Waals surface area contributed by atoms with Crippen LogP contribution in [0.4, 0.5) is 0 Å². The van der Waals surface area contributed by atoms with Crippen molar-refractivity contribution in [3.8, 4) is 11.1 Å². The molecule has 2 aromatic rings.